The van der Waals surface area contributed by atoms with Gasteiger partial charge in [0.25, 0.3) is 0 Å². The third-order valence-corrected chi connectivity index (χ3v) is 3.05. The number of aromatic amines is 1. The van der Waals surface area contributed by atoms with Crippen molar-refractivity contribution in [3.8, 4) is 0 Å². The van der Waals surface area contributed by atoms with E-state index in [4.69, 9.17) is 5.73 Å². The van der Waals surface area contributed by atoms with Crippen LogP contribution in [0.25, 0.3) is 10.9 Å². The van der Waals surface area contributed by atoms with Gasteiger partial charge in [0.1, 0.15) is 5.82 Å². The predicted octanol–water partition coefficient (Wildman–Crippen LogP) is 2.96. The molecule has 0 aliphatic rings. The van der Waals surface area contributed by atoms with Gasteiger partial charge in [-0.25, -0.2) is 4.39 Å². The van der Waals surface area contributed by atoms with Gasteiger partial charge in [-0.3, -0.25) is 0 Å². The van der Waals surface area contributed by atoms with Gasteiger partial charge in [-0.2, -0.15) is 0 Å². The summed E-state index contributed by atoms with van der Waals surface area (Å²) in [7, 11) is 0. The SMILES string of the molecule is Cc1[nH]c2cc(F)c(N)cc2c1Br. The van der Waals surface area contributed by atoms with Crippen LogP contribution in [0.1, 0.15) is 5.69 Å². The lowest BCUT2D eigenvalue weighted by molar-refractivity contribution is 0.634. The molecule has 0 saturated carbocycles. The molecule has 1 heterocycles. The number of fused-ring (bicyclic) bond motifs is 1. The molecule has 1 aromatic heterocycles. The van der Waals surface area contributed by atoms with E-state index in [0.717, 1.165) is 21.1 Å². The highest BCUT2D eigenvalue weighted by molar-refractivity contribution is 9.10. The Morgan fingerprint density at radius 3 is 2.85 bits per heavy atom. The van der Waals surface area contributed by atoms with E-state index in [-0.39, 0.29) is 11.5 Å². The van der Waals surface area contributed by atoms with Crippen LogP contribution < -0.4 is 5.73 Å². The third kappa shape index (κ3) is 1.21. The van der Waals surface area contributed by atoms with Crippen molar-refractivity contribution in [2.75, 3.05) is 5.73 Å². The molecule has 0 saturated heterocycles. The van der Waals surface area contributed by atoms with Crippen LogP contribution in [0.2, 0.25) is 0 Å². The minimum absolute atomic E-state index is 0.173. The Morgan fingerprint density at radius 1 is 1.46 bits per heavy atom. The third-order valence-electron chi connectivity index (χ3n) is 2.02. The number of halogens is 2. The number of rotatable bonds is 0. The minimum Gasteiger partial charge on any atom is -0.396 e. The van der Waals surface area contributed by atoms with Gasteiger partial charge in [0.15, 0.2) is 0 Å². The van der Waals surface area contributed by atoms with Crippen molar-refractivity contribution < 1.29 is 4.39 Å². The molecule has 0 spiro atoms. The van der Waals surface area contributed by atoms with Crippen LogP contribution in [-0.2, 0) is 0 Å². The molecule has 2 aromatic rings. The normalized spacial score (nSPS) is 11.0. The molecule has 1 aromatic carbocycles. The largest absolute Gasteiger partial charge is 0.396 e. The highest BCUT2D eigenvalue weighted by Gasteiger charge is 2.08. The van der Waals surface area contributed by atoms with Crippen LogP contribution in [0.5, 0.6) is 0 Å². The first kappa shape index (κ1) is 8.56. The Kier molecular flexibility index (Phi) is 1.80. The number of hydrogen-bond donors (Lipinski definition) is 2. The minimum atomic E-state index is -0.388. The Hall–Kier alpha value is -1.03. The van der Waals surface area contributed by atoms with Crippen molar-refractivity contribution in [2.24, 2.45) is 0 Å². The lowest BCUT2D eigenvalue weighted by atomic mass is 10.2. The number of aromatic nitrogens is 1. The second kappa shape index (κ2) is 2.73. The molecule has 0 atom stereocenters. The van der Waals surface area contributed by atoms with Gasteiger partial charge in [0.2, 0.25) is 0 Å². The summed E-state index contributed by atoms with van der Waals surface area (Å²) in [6.07, 6.45) is 0. The fourth-order valence-corrected chi connectivity index (χ4v) is 1.76. The van der Waals surface area contributed by atoms with Crippen LogP contribution in [-0.4, -0.2) is 4.98 Å². The van der Waals surface area contributed by atoms with E-state index in [1.54, 1.807) is 6.07 Å². The number of nitrogen functional groups attached to an aromatic ring is 1. The molecule has 3 N–H and O–H groups in total. The summed E-state index contributed by atoms with van der Waals surface area (Å²) in [4.78, 5) is 3.05. The van der Waals surface area contributed by atoms with E-state index >= 15 is 0 Å². The maximum Gasteiger partial charge on any atom is 0.148 e. The zero-order valence-corrected chi connectivity index (χ0v) is 8.57. The highest BCUT2D eigenvalue weighted by atomic mass is 79.9. The fourth-order valence-electron chi connectivity index (χ4n) is 1.33. The van der Waals surface area contributed by atoms with Gasteiger partial charge in [-0.1, -0.05) is 0 Å². The van der Waals surface area contributed by atoms with Crippen LogP contribution in [0.3, 0.4) is 0 Å². The van der Waals surface area contributed by atoms with Crippen LogP contribution in [0.15, 0.2) is 16.6 Å². The van der Waals surface area contributed by atoms with Crippen LogP contribution in [0, 0.1) is 12.7 Å². The van der Waals surface area contributed by atoms with E-state index in [0.29, 0.717) is 0 Å². The molecule has 2 rings (SSSR count). The summed E-state index contributed by atoms with van der Waals surface area (Å²) in [5, 5.41) is 0.913. The van der Waals surface area contributed by atoms with E-state index in [1.807, 2.05) is 6.92 Å². The Bertz CT molecular complexity index is 476. The summed E-state index contributed by atoms with van der Waals surface area (Å²) in [6.45, 7) is 1.91. The maximum absolute atomic E-state index is 13.0. The van der Waals surface area contributed by atoms with Crippen LogP contribution >= 0.6 is 15.9 Å². The number of benzene rings is 1. The zero-order valence-electron chi connectivity index (χ0n) is 6.99. The molecule has 0 bridgehead atoms. The first-order valence-corrected chi connectivity index (χ1v) is 4.61. The van der Waals surface area contributed by atoms with Gasteiger partial charge >= 0.3 is 0 Å². The van der Waals surface area contributed by atoms with E-state index in [9.17, 15) is 4.39 Å². The first-order valence-electron chi connectivity index (χ1n) is 3.82. The fraction of sp³-hybridized carbons (Fsp3) is 0.111. The summed E-state index contributed by atoms with van der Waals surface area (Å²) < 4.78 is 14.0. The second-order valence-corrected chi connectivity index (χ2v) is 3.78. The molecule has 0 fully saturated rings. The zero-order chi connectivity index (χ0) is 9.59. The van der Waals surface area contributed by atoms with Gasteiger partial charge in [0, 0.05) is 27.1 Å². The van der Waals surface area contributed by atoms with Crippen molar-refractivity contribution in [1.29, 1.82) is 0 Å². The number of anilines is 1. The molecule has 0 unspecified atom stereocenters. The second-order valence-electron chi connectivity index (χ2n) is 2.98. The molecular formula is C9H8BrFN2. The molecule has 0 radical (unpaired) electrons. The molecule has 68 valence electrons. The number of nitrogens with two attached hydrogens (primary N) is 1. The van der Waals surface area contributed by atoms with Crippen molar-refractivity contribution in [3.63, 3.8) is 0 Å². The number of hydrogen-bond acceptors (Lipinski definition) is 1. The molecule has 0 aliphatic carbocycles. The number of nitrogens with one attached hydrogen (secondary N) is 1. The Labute approximate surface area is 83.1 Å². The smallest absolute Gasteiger partial charge is 0.148 e. The molecule has 2 nitrogen and oxygen atoms in total. The van der Waals surface area contributed by atoms with E-state index in [1.165, 1.54) is 6.07 Å². The van der Waals surface area contributed by atoms with Gasteiger partial charge in [0.05, 0.1) is 5.69 Å². The average molecular weight is 243 g/mol. The topological polar surface area (TPSA) is 41.8 Å². The van der Waals surface area contributed by atoms with Gasteiger partial charge in [-0.05, 0) is 28.9 Å². The van der Waals surface area contributed by atoms with Crippen LogP contribution in [0.4, 0.5) is 10.1 Å². The number of H-pyrrole nitrogens is 1. The molecule has 0 aliphatic heterocycles. The van der Waals surface area contributed by atoms with Gasteiger partial charge < -0.3 is 10.7 Å². The predicted molar refractivity (Wildman–Crippen MR) is 55.1 cm³/mol. The van der Waals surface area contributed by atoms with Crippen molar-refractivity contribution in [3.05, 3.63) is 28.1 Å². The van der Waals surface area contributed by atoms with Crippen molar-refractivity contribution in [1.82, 2.24) is 4.98 Å². The summed E-state index contributed by atoms with van der Waals surface area (Å²) in [6, 6.07) is 3.03. The maximum atomic E-state index is 13.0. The monoisotopic (exact) mass is 242 g/mol. The van der Waals surface area contributed by atoms with E-state index in [2.05, 4.69) is 20.9 Å². The quantitative estimate of drug-likeness (QED) is 0.686. The summed E-state index contributed by atoms with van der Waals surface area (Å²) >= 11 is 3.40. The Morgan fingerprint density at radius 2 is 2.15 bits per heavy atom. The Balaban J connectivity index is 2.89. The van der Waals surface area contributed by atoms with Crippen molar-refractivity contribution in [2.45, 2.75) is 6.92 Å². The standard InChI is InChI=1S/C9H8BrFN2/c1-4-9(10)5-2-7(12)6(11)3-8(5)13-4/h2-3,13H,12H2,1H3. The first-order chi connectivity index (χ1) is 6.09. The van der Waals surface area contributed by atoms with E-state index < -0.39 is 0 Å². The summed E-state index contributed by atoms with van der Waals surface area (Å²) in [5.41, 5.74) is 7.36. The molecule has 0 amide bonds. The molecule has 4 heteroatoms. The lowest BCUT2D eigenvalue weighted by Gasteiger charge is -1.96. The highest BCUT2D eigenvalue weighted by Crippen LogP contribution is 2.29. The number of aryl methyl sites for hydroxylation is 1. The molecule has 13 heavy (non-hydrogen) atoms. The molecular weight excluding hydrogens is 235 g/mol. The van der Waals surface area contributed by atoms with Crippen molar-refractivity contribution >= 4 is 32.5 Å². The average Bonchev–Trinajstić information content (AvgIpc) is 2.32. The lowest BCUT2D eigenvalue weighted by Crippen LogP contribution is -1.89. The van der Waals surface area contributed by atoms with Gasteiger partial charge in [-0.15, -0.1) is 0 Å². The summed E-state index contributed by atoms with van der Waals surface area (Å²) in [5.74, 6) is -0.388.